The number of nitrogens with zero attached hydrogens (tertiary/aromatic N) is 2. The van der Waals surface area contributed by atoms with Crippen molar-refractivity contribution in [1.82, 2.24) is 0 Å². The molecule has 1 aromatic carbocycles. The van der Waals surface area contributed by atoms with E-state index in [9.17, 15) is 4.79 Å². The Morgan fingerprint density at radius 3 is 2.56 bits per heavy atom. The molecule has 0 aliphatic rings. The van der Waals surface area contributed by atoms with Crippen molar-refractivity contribution in [3.05, 3.63) is 29.8 Å². The Hall–Kier alpha value is -1.47. The zero-order valence-corrected chi connectivity index (χ0v) is 10.3. The lowest BCUT2D eigenvalue weighted by atomic mass is 10.2. The highest BCUT2D eigenvalue weighted by Crippen LogP contribution is 2.14. The van der Waals surface area contributed by atoms with Crippen molar-refractivity contribution in [2.24, 2.45) is 0 Å². The average molecular weight is 234 g/mol. The summed E-state index contributed by atoms with van der Waals surface area (Å²) in [6.45, 7) is 0. The quantitative estimate of drug-likeness (QED) is 0.802. The van der Waals surface area contributed by atoms with Crippen molar-refractivity contribution in [2.45, 2.75) is 6.42 Å². The highest BCUT2D eigenvalue weighted by Gasteiger charge is 2.09. The van der Waals surface area contributed by atoms with Gasteiger partial charge in [-0.1, -0.05) is 0 Å². The second kappa shape index (κ2) is 6.19. The van der Waals surface area contributed by atoms with Gasteiger partial charge in [0, 0.05) is 24.9 Å². The first-order valence-electron chi connectivity index (χ1n) is 4.94. The first kappa shape index (κ1) is 12.6. The van der Waals surface area contributed by atoms with E-state index in [2.05, 4.69) is 0 Å². The Balaban J connectivity index is 2.69. The normalized spacial score (nSPS) is 9.56. The molecule has 0 saturated carbocycles. The lowest BCUT2D eigenvalue weighted by Crippen LogP contribution is -2.26. The van der Waals surface area contributed by atoms with E-state index in [0.29, 0.717) is 12.0 Å². The molecule has 0 N–H and O–H groups in total. The fraction of sp³-hybridized carbons (Fsp3) is 0.333. The van der Waals surface area contributed by atoms with Crippen molar-refractivity contribution in [3.63, 3.8) is 0 Å². The molecule has 0 aromatic heterocycles. The summed E-state index contributed by atoms with van der Waals surface area (Å²) in [6, 6.07) is 9.06. The van der Waals surface area contributed by atoms with Gasteiger partial charge in [0.05, 0.1) is 11.6 Å². The average Bonchev–Trinajstić information content (AvgIpc) is 2.35. The molecule has 1 aromatic rings. The lowest BCUT2D eigenvalue weighted by Gasteiger charge is -2.16. The van der Waals surface area contributed by atoms with Gasteiger partial charge in [0.15, 0.2) is 0 Å². The third kappa shape index (κ3) is 3.28. The number of thioether (sulfide) groups is 1. The van der Waals surface area contributed by atoms with E-state index >= 15 is 0 Å². The Morgan fingerprint density at radius 1 is 1.44 bits per heavy atom. The van der Waals surface area contributed by atoms with E-state index in [-0.39, 0.29) is 5.91 Å². The molecule has 0 unspecified atom stereocenters. The Morgan fingerprint density at radius 2 is 2.06 bits per heavy atom. The molecule has 0 radical (unpaired) electrons. The Bertz CT molecular complexity index is 394. The molecule has 0 heterocycles. The van der Waals surface area contributed by atoms with Gasteiger partial charge in [0.25, 0.3) is 0 Å². The maximum absolute atomic E-state index is 11.7. The number of amides is 1. The molecule has 0 aliphatic heterocycles. The van der Waals surface area contributed by atoms with Crippen LogP contribution < -0.4 is 4.90 Å². The maximum atomic E-state index is 11.7. The molecule has 0 atom stereocenters. The summed E-state index contributed by atoms with van der Waals surface area (Å²) in [4.78, 5) is 13.3. The fourth-order valence-corrected chi connectivity index (χ4v) is 1.64. The van der Waals surface area contributed by atoms with Crippen molar-refractivity contribution in [2.75, 3.05) is 24.0 Å². The topological polar surface area (TPSA) is 44.1 Å². The lowest BCUT2D eigenvalue weighted by molar-refractivity contribution is -0.117. The highest BCUT2D eigenvalue weighted by molar-refractivity contribution is 7.98. The van der Waals surface area contributed by atoms with Crippen LogP contribution in [0.2, 0.25) is 0 Å². The zero-order valence-electron chi connectivity index (χ0n) is 9.43. The third-order valence-corrected chi connectivity index (χ3v) is 2.89. The Labute approximate surface area is 100 Å². The minimum atomic E-state index is 0.0963. The molecule has 16 heavy (non-hydrogen) atoms. The second-order valence-electron chi connectivity index (χ2n) is 3.35. The number of carbonyl (C=O) groups excluding carboxylic acids is 1. The van der Waals surface area contributed by atoms with Gasteiger partial charge in [-0.15, -0.1) is 0 Å². The summed E-state index contributed by atoms with van der Waals surface area (Å²) in [5.41, 5.74) is 1.43. The predicted octanol–water partition coefficient (Wildman–Crippen LogP) is 2.27. The molecule has 0 saturated heterocycles. The molecular weight excluding hydrogens is 220 g/mol. The first-order valence-corrected chi connectivity index (χ1v) is 6.34. The van der Waals surface area contributed by atoms with E-state index in [1.54, 1.807) is 48.0 Å². The van der Waals surface area contributed by atoms with Gasteiger partial charge in [0.2, 0.25) is 5.91 Å². The van der Waals surface area contributed by atoms with E-state index in [1.807, 2.05) is 12.3 Å². The highest BCUT2D eigenvalue weighted by atomic mass is 32.2. The number of anilines is 1. The summed E-state index contributed by atoms with van der Waals surface area (Å²) in [5.74, 6) is 0.929. The number of benzene rings is 1. The van der Waals surface area contributed by atoms with Crippen molar-refractivity contribution >= 4 is 23.4 Å². The van der Waals surface area contributed by atoms with Crippen LogP contribution in [0, 0.1) is 11.3 Å². The van der Waals surface area contributed by atoms with Gasteiger partial charge in [-0.3, -0.25) is 4.79 Å². The van der Waals surface area contributed by atoms with Gasteiger partial charge >= 0.3 is 0 Å². The van der Waals surface area contributed by atoms with Gasteiger partial charge in [0.1, 0.15) is 0 Å². The van der Waals surface area contributed by atoms with Crippen LogP contribution in [0.3, 0.4) is 0 Å². The van der Waals surface area contributed by atoms with Gasteiger partial charge in [-0.25, -0.2) is 0 Å². The van der Waals surface area contributed by atoms with E-state index < -0.39 is 0 Å². The number of nitriles is 1. The number of hydrogen-bond donors (Lipinski definition) is 0. The first-order chi connectivity index (χ1) is 7.69. The summed E-state index contributed by atoms with van der Waals surface area (Å²) >= 11 is 1.66. The molecule has 0 spiro atoms. The summed E-state index contributed by atoms with van der Waals surface area (Å²) in [6.07, 6.45) is 2.52. The number of rotatable bonds is 4. The summed E-state index contributed by atoms with van der Waals surface area (Å²) in [5, 5.41) is 8.66. The SMILES string of the molecule is CSCCC(=O)N(C)c1ccc(C#N)cc1. The monoisotopic (exact) mass is 234 g/mol. The molecule has 84 valence electrons. The third-order valence-electron chi connectivity index (χ3n) is 2.28. The van der Waals surface area contributed by atoms with Crippen molar-refractivity contribution in [3.8, 4) is 6.07 Å². The van der Waals surface area contributed by atoms with Crippen molar-refractivity contribution < 1.29 is 4.79 Å². The predicted molar refractivity (Wildman–Crippen MR) is 67.6 cm³/mol. The van der Waals surface area contributed by atoms with Crippen LogP contribution in [0.4, 0.5) is 5.69 Å². The molecule has 0 fully saturated rings. The van der Waals surface area contributed by atoms with Gasteiger partial charge in [-0.05, 0) is 30.5 Å². The van der Waals surface area contributed by atoms with Crippen molar-refractivity contribution in [1.29, 1.82) is 5.26 Å². The van der Waals surface area contributed by atoms with E-state index in [1.165, 1.54) is 0 Å². The van der Waals surface area contributed by atoms with E-state index in [0.717, 1.165) is 11.4 Å². The molecule has 4 heteroatoms. The zero-order chi connectivity index (χ0) is 12.0. The standard InChI is InChI=1S/C12H14N2OS/c1-14(12(15)7-8-16-2)11-5-3-10(9-13)4-6-11/h3-6H,7-8H2,1-2H3. The van der Waals surface area contributed by atoms with Crippen LogP contribution in [-0.4, -0.2) is 25.0 Å². The summed E-state index contributed by atoms with van der Waals surface area (Å²) < 4.78 is 0. The minimum Gasteiger partial charge on any atom is -0.315 e. The van der Waals surface area contributed by atoms with Crippen LogP contribution in [-0.2, 0) is 4.79 Å². The Kier molecular flexibility index (Phi) is 4.87. The largest absolute Gasteiger partial charge is 0.315 e. The number of hydrogen-bond acceptors (Lipinski definition) is 3. The molecule has 0 bridgehead atoms. The van der Waals surface area contributed by atoms with Gasteiger partial charge in [-0.2, -0.15) is 17.0 Å². The molecule has 1 amide bonds. The van der Waals surface area contributed by atoms with Crippen LogP contribution in [0.5, 0.6) is 0 Å². The molecular formula is C12H14N2OS. The molecule has 0 aliphatic carbocycles. The smallest absolute Gasteiger partial charge is 0.227 e. The van der Waals surface area contributed by atoms with E-state index in [4.69, 9.17) is 5.26 Å². The van der Waals surface area contributed by atoms with Crippen LogP contribution >= 0.6 is 11.8 Å². The van der Waals surface area contributed by atoms with Gasteiger partial charge < -0.3 is 4.90 Å². The fourth-order valence-electron chi connectivity index (χ4n) is 1.26. The van der Waals surface area contributed by atoms with Crippen LogP contribution in [0.15, 0.2) is 24.3 Å². The molecule has 3 nitrogen and oxygen atoms in total. The maximum Gasteiger partial charge on any atom is 0.227 e. The minimum absolute atomic E-state index is 0.0963. The van der Waals surface area contributed by atoms with Crippen LogP contribution in [0.1, 0.15) is 12.0 Å². The second-order valence-corrected chi connectivity index (χ2v) is 4.34. The number of carbonyl (C=O) groups is 1. The molecule has 1 rings (SSSR count). The van der Waals surface area contributed by atoms with Crippen LogP contribution in [0.25, 0.3) is 0 Å². The summed E-state index contributed by atoms with van der Waals surface area (Å²) in [7, 11) is 1.75.